The first-order chi connectivity index (χ1) is 18.1. The number of ketones is 2. The molecule has 0 saturated heterocycles. The summed E-state index contributed by atoms with van der Waals surface area (Å²) in [6.07, 6.45) is 1.57. The van der Waals surface area contributed by atoms with E-state index in [9.17, 15) is 9.59 Å². The van der Waals surface area contributed by atoms with Gasteiger partial charge in [-0.05, 0) is 79.8 Å². The Morgan fingerprint density at radius 3 is 1.00 bits per heavy atom. The smallest absolute Gasteiger partial charge is 0.149 e. The van der Waals surface area contributed by atoms with Crippen molar-refractivity contribution in [2.75, 3.05) is 47.0 Å². The highest BCUT2D eigenvalue weighted by Crippen LogP contribution is 2.01. The summed E-state index contributed by atoms with van der Waals surface area (Å²) in [5.74, 6) is 3.08. The Morgan fingerprint density at radius 2 is 0.818 bits per heavy atom. The monoisotopic (exact) mass is 639 g/mol. The van der Waals surface area contributed by atoms with Crippen molar-refractivity contribution in [3.05, 3.63) is 0 Å². The molecule has 0 aromatic carbocycles. The van der Waals surface area contributed by atoms with Crippen LogP contribution in [0.15, 0.2) is 0 Å². The zero-order valence-electron chi connectivity index (χ0n) is 30.4. The molecular formula is C38H90N2O4. The molecule has 6 heteroatoms. The Morgan fingerprint density at radius 1 is 0.523 bits per heavy atom. The average Bonchev–Trinajstić information content (AvgIpc) is 2.78. The van der Waals surface area contributed by atoms with Crippen LogP contribution in [0.1, 0.15) is 147 Å². The first-order valence-corrected chi connectivity index (χ1v) is 15.8. The van der Waals surface area contributed by atoms with E-state index in [-0.39, 0.29) is 41.5 Å². The fourth-order valence-corrected chi connectivity index (χ4v) is 2.30. The van der Waals surface area contributed by atoms with Crippen LogP contribution in [0.3, 0.4) is 0 Å². The second-order valence-corrected chi connectivity index (χ2v) is 13.7. The van der Waals surface area contributed by atoms with Gasteiger partial charge in [0, 0.05) is 43.7 Å². The van der Waals surface area contributed by atoms with Crippen LogP contribution in [-0.4, -0.2) is 86.6 Å². The van der Waals surface area contributed by atoms with E-state index >= 15 is 0 Å². The lowest BCUT2D eigenvalue weighted by Crippen LogP contribution is -2.33. The van der Waals surface area contributed by atoms with Gasteiger partial charge in [-0.25, -0.2) is 0 Å². The van der Waals surface area contributed by atoms with Gasteiger partial charge in [0.25, 0.3) is 0 Å². The highest BCUT2D eigenvalue weighted by molar-refractivity contribution is 5.82. The first-order valence-electron chi connectivity index (χ1n) is 15.8. The summed E-state index contributed by atoms with van der Waals surface area (Å²) in [7, 11) is 3.95. The molecule has 0 atom stereocenters. The largest absolute Gasteiger partial charge is 0.381 e. The number of hydrogen-bond acceptors (Lipinski definition) is 6. The topological polar surface area (TPSA) is 59.1 Å². The molecule has 0 aliphatic rings. The molecule has 44 heavy (non-hydrogen) atoms. The average molecular weight is 639 g/mol. The van der Waals surface area contributed by atoms with Crippen molar-refractivity contribution in [3.8, 4) is 0 Å². The van der Waals surface area contributed by atoms with Gasteiger partial charge in [0.15, 0.2) is 0 Å². The Kier molecular flexibility index (Phi) is 54.1. The molecular weight excluding hydrogens is 548 g/mol. The molecule has 0 fully saturated rings. The Balaban J connectivity index is -0.0000000638. The summed E-state index contributed by atoms with van der Waals surface area (Å²) in [6.45, 7) is 37.2. The molecule has 0 spiro atoms. The number of Topliss-reactive ketones (excluding diaryl/α,β-unsaturated/α-hetero) is 2. The second kappa shape index (κ2) is 38.4. The van der Waals surface area contributed by atoms with Crippen LogP contribution in [-0.2, 0) is 19.1 Å². The molecule has 0 saturated carbocycles. The second-order valence-electron chi connectivity index (χ2n) is 13.7. The molecule has 6 nitrogen and oxygen atoms in total. The molecule has 0 N–H and O–H groups in total. The summed E-state index contributed by atoms with van der Waals surface area (Å²) in [5.41, 5.74) is 0. The van der Waals surface area contributed by atoms with E-state index < -0.39 is 0 Å². The van der Waals surface area contributed by atoms with Crippen molar-refractivity contribution in [3.63, 3.8) is 0 Å². The minimum Gasteiger partial charge on any atom is -0.381 e. The molecule has 276 valence electrons. The third kappa shape index (κ3) is 53.7. The van der Waals surface area contributed by atoms with Crippen LogP contribution in [0.4, 0.5) is 0 Å². The van der Waals surface area contributed by atoms with Crippen LogP contribution < -0.4 is 0 Å². The molecule has 0 bridgehead atoms. The highest BCUT2D eigenvalue weighted by atomic mass is 16.5. The van der Waals surface area contributed by atoms with E-state index in [1.54, 1.807) is 0 Å². The predicted octanol–water partition coefficient (Wildman–Crippen LogP) is 10.4. The van der Waals surface area contributed by atoms with Crippen molar-refractivity contribution in [2.24, 2.45) is 29.6 Å². The van der Waals surface area contributed by atoms with Crippen molar-refractivity contribution < 1.29 is 19.1 Å². The fraction of sp³-hybridized carbons (Fsp3) is 0.947. The first kappa shape index (κ1) is 62.1. The van der Waals surface area contributed by atoms with Gasteiger partial charge in [-0.3, -0.25) is 19.4 Å². The summed E-state index contributed by atoms with van der Waals surface area (Å²) in [6, 6.07) is 0.912. The number of carbonyl (C=O) groups excluding carboxylic acids is 2. The van der Waals surface area contributed by atoms with E-state index in [2.05, 4.69) is 92.9 Å². The molecule has 0 heterocycles. The fourth-order valence-electron chi connectivity index (χ4n) is 2.30. The minimum absolute atomic E-state index is 0. The van der Waals surface area contributed by atoms with Gasteiger partial charge in [0.1, 0.15) is 11.6 Å². The molecule has 0 rings (SSSR count). The van der Waals surface area contributed by atoms with Gasteiger partial charge in [0.05, 0.1) is 19.2 Å². The lowest BCUT2D eigenvalue weighted by Gasteiger charge is -2.20. The lowest BCUT2D eigenvalue weighted by atomic mass is 10.1. The molecule has 0 amide bonds. The Labute approximate surface area is 281 Å². The maximum atomic E-state index is 11.2. The van der Waals surface area contributed by atoms with E-state index in [1.165, 1.54) is 6.42 Å². The maximum absolute atomic E-state index is 11.2. The predicted molar refractivity (Wildman–Crippen MR) is 203 cm³/mol. The summed E-state index contributed by atoms with van der Waals surface area (Å²) in [4.78, 5) is 26.5. The standard InChI is InChI=1S/2C9H19NO.2C8H18O.4CH4/c2*1-7(2)9(11)6-10(5)8(3)4;1-7(2)5-9-6-8(3)4;1-7(2)5-6-9-8(3)4;;;;/h2*7-8H,6H2,1-5H3;2*7-8H,5-6H2,1-4H3;4*1H4. The zero-order chi connectivity index (χ0) is 32.6. The summed E-state index contributed by atoms with van der Waals surface area (Å²) >= 11 is 0. The number of likely N-dealkylation sites (N-methyl/N-ethyl adjacent to an activating group) is 2. The normalized spacial score (nSPS) is 10.5. The van der Waals surface area contributed by atoms with Crippen molar-refractivity contribution in [2.45, 2.75) is 165 Å². The SMILES string of the molecule is C.C.C.C.CC(C)C(=O)CN(C)C(C)C.CC(C)C(=O)CN(C)C(C)C.CC(C)CCOC(C)C.CC(C)COCC(C)C. The van der Waals surface area contributed by atoms with E-state index in [1.807, 2.05) is 41.8 Å². The van der Waals surface area contributed by atoms with Crippen molar-refractivity contribution in [1.29, 1.82) is 0 Å². The van der Waals surface area contributed by atoms with Crippen molar-refractivity contribution in [1.82, 2.24) is 9.80 Å². The Hall–Kier alpha value is -0.820. The quantitative estimate of drug-likeness (QED) is 0.168. The van der Waals surface area contributed by atoms with Crippen molar-refractivity contribution >= 4 is 11.6 Å². The molecule has 0 aromatic heterocycles. The number of carbonyl (C=O) groups is 2. The van der Waals surface area contributed by atoms with Gasteiger partial charge in [0.2, 0.25) is 0 Å². The molecule has 0 unspecified atom stereocenters. The van der Waals surface area contributed by atoms with Gasteiger partial charge >= 0.3 is 0 Å². The number of hydrogen-bond donors (Lipinski definition) is 0. The number of rotatable bonds is 16. The third-order valence-corrected chi connectivity index (χ3v) is 5.91. The van der Waals surface area contributed by atoms with Gasteiger partial charge in [-0.1, -0.05) is 98.9 Å². The van der Waals surface area contributed by atoms with Crippen LogP contribution >= 0.6 is 0 Å². The maximum Gasteiger partial charge on any atom is 0.149 e. The molecule has 0 aliphatic carbocycles. The van der Waals surface area contributed by atoms with Gasteiger partial charge < -0.3 is 9.47 Å². The van der Waals surface area contributed by atoms with Crippen LogP contribution in [0, 0.1) is 29.6 Å². The highest BCUT2D eigenvalue weighted by Gasteiger charge is 2.12. The molecule has 0 radical (unpaired) electrons. The van der Waals surface area contributed by atoms with Gasteiger partial charge in [-0.15, -0.1) is 0 Å². The molecule has 0 aliphatic heterocycles. The lowest BCUT2D eigenvalue weighted by molar-refractivity contribution is -0.123. The summed E-state index contributed by atoms with van der Waals surface area (Å²) < 4.78 is 10.7. The van der Waals surface area contributed by atoms with Crippen LogP contribution in [0.25, 0.3) is 0 Å². The number of ether oxygens (including phenoxy) is 2. The van der Waals surface area contributed by atoms with Gasteiger partial charge in [-0.2, -0.15) is 0 Å². The molecule has 0 aromatic rings. The number of nitrogens with zero attached hydrogens (tertiary/aromatic N) is 2. The van der Waals surface area contributed by atoms with E-state index in [4.69, 9.17) is 9.47 Å². The summed E-state index contributed by atoms with van der Waals surface area (Å²) in [5, 5.41) is 0. The Bertz CT molecular complexity index is 505. The third-order valence-electron chi connectivity index (χ3n) is 5.91. The van der Waals surface area contributed by atoms with E-state index in [0.717, 1.165) is 25.7 Å². The van der Waals surface area contributed by atoms with Crippen LogP contribution in [0.2, 0.25) is 0 Å². The minimum atomic E-state index is 0. The van der Waals surface area contributed by atoms with Crippen LogP contribution in [0.5, 0.6) is 0 Å². The zero-order valence-corrected chi connectivity index (χ0v) is 30.4. The van der Waals surface area contributed by atoms with E-state index in [0.29, 0.717) is 54.7 Å².